The summed E-state index contributed by atoms with van der Waals surface area (Å²) in [5.74, 6) is -0.247. The highest BCUT2D eigenvalue weighted by atomic mass is 16.5. The zero-order valence-corrected chi connectivity index (χ0v) is 14.1. The topological polar surface area (TPSA) is 74.4 Å². The van der Waals surface area contributed by atoms with E-state index in [4.69, 9.17) is 4.74 Å². The van der Waals surface area contributed by atoms with Crippen LogP contribution in [-0.2, 0) is 17.6 Å². The van der Waals surface area contributed by atoms with Crippen LogP contribution in [0.2, 0.25) is 0 Å². The summed E-state index contributed by atoms with van der Waals surface area (Å²) in [7, 11) is 0. The average Bonchev–Trinajstić information content (AvgIpc) is 2.95. The van der Waals surface area contributed by atoms with Gasteiger partial charge in [-0.25, -0.2) is 0 Å². The number of carbonyl (C=O) groups excluding carboxylic acids is 1. The van der Waals surface area contributed by atoms with Gasteiger partial charge in [0.1, 0.15) is 5.56 Å². The molecule has 24 heavy (non-hydrogen) atoms. The fourth-order valence-electron chi connectivity index (χ4n) is 4.25. The van der Waals surface area contributed by atoms with Gasteiger partial charge < -0.3 is 15.0 Å². The largest absolute Gasteiger partial charge is 0.376 e. The monoisotopic (exact) mass is 331 g/mol. The van der Waals surface area contributed by atoms with E-state index in [1.165, 1.54) is 0 Å². The van der Waals surface area contributed by atoms with E-state index >= 15 is 0 Å². The molecule has 0 aromatic carbocycles. The van der Waals surface area contributed by atoms with E-state index in [1.807, 2.05) is 0 Å². The number of carbonyl (C=O) groups is 1. The third kappa shape index (κ3) is 3.00. The number of nitrogens with zero attached hydrogens (tertiary/aromatic N) is 1. The Labute approximate surface area is 141 Å². The highest BCUT2D eigenvalue weighted by Gasteiger charge is 2.37. The van der Waals surface area contributed by atoms with Crippen molar-refractivity contribution in [2.24, 2.45) is 0 Å². The minimum Gasteiger partial charge on any atom is -0.376 e. The van der Waals surface area contributed by atoms with Crippen molar-refractivity contribution in [3.63, 3.8) is 0 Å². The normalized spacial score (nSPS) is 29.8. The Morgan fingerprint density at radius 1 is 1.33 bits per heavy atom. The van der Waals surface area contributed by atoms with Gasteiger partial charge in [0.2, 0.25) is 0 Å². The molecule has 1 amide bonds. The van der Waals surface area contributed by atoms with Crippen LogP contribution in [0.5, 0.6) is 0 Å². The maximum atomic E-state index is 12.6. The van der Waals surface area contributed by atoms with Gasteiger partial charge in [0.25, 0.3) is 11.5 Å². The van der Waals surface area contributed by atoms with Crippen molar-refractivity contribution in [1.82, 2.24) is 15.2 Å². The lowest BCUT2D eigenvalue weighted by Crippen LogP contribution is -2.45. The van der Waals surface area contributed by atoms with Crippen LogP contribution >= 0.6 is 0 Å². The van der Waals surface area contributed by atoms with E-state index in [-0.39, 0.29) is 29.2 Å². The molecule has 0 spiro atoms. The minimum absolute atomic E-state index is 0.0897. The van der Waals surface area contributed by atoms with Crippen LogP contribution in [0.3, 0.4) is 0 Å². The van der Waals surface area contributed by atoms with Crippen LogP contribution in [0.1, 0.15) is 47.8 Å². The predicted molar refractivity (Wildman–Crippen MR) is 90.4 cm³/mol. The maximum absolute atomic E-state index is 12.6. The smallest absolute Gasteiger partial charge is 0.261 e. The number of H-pyrrole nitrogens is 1. The first kappa shape index (κ1) is 15.8. The Balaban J connectivity index is 1.46. The molecule has 3 atom stereocenters. The number of morpholine rings is 1. The number of aromatic amines is 1. The number of fused-ring (bicyclic) bond motifs is 2. The quantitative estimate of drug-likeness (QED) is 0.842. The molecule has 0 unspecified atom stereocenters. The maximum Gasteiger partial charge on any atom is 0.261 e. The van der Waals surface area contributed by atoms with E-state index in [0.29, 0.717) is 6.04 Å². The van der Waals surface area contributed by atoms with Crippen molar-refractivity contribution in [2.45, 2.75) is 57.2 Å². The number of hydrogen-bond donors (Lipinski definition) is 2. The lowest BCUT2D eigenvalue weighted by atomic mass is 9.95. The van der Waals surface area contributed by atoms with Crippen molar-refractivity contribution >= 4 is 5.91 Å². The van der Waals surface area contributed by atoms with Crippen LogP contribution in [0, 0.1) is 0 Å². The second-order valence-corrected chi connectivity index (χ2v) is 7.38. The van der Waals surface area contributed by atoms with Crippen molar-refractivity contribution in [3.05, 3.63) is 33.2 Å². The number of hydrogen-bond acceptors (Lipinski definition) is 4. The molecule has 0 bridgehead atoms. The van der Waals surface area contributed by atoms with Gasteiger partial charge in [-0.1, -0.05) is 0 Å². The van der Waals surface area contributed by atoms with Crippen molar-refractivity contribution in [2.75, 3.05) is 19.7 Å². The Kier molecular flexibility index (Phi) is 4.18. The fourth-order valence-corrected chi connectivity index (χ4v) is 4.25. The third-order valence-corrected chi connectivity index (χ3v) is 5.51. The Morgan fingerprint density at radius 2 is 2.17 bits per heavy atom. The summed E-state index contributed by atoms with van der Waals surface area (Å²) >= 11 is 0. The van der Waals surface area contributed by atoms with Crippen LogP contribution in [0.25, 0.3) is 0 Å². The van der Waals surface area contributed by atoms with Gasteiger partial charge in [0.15, 0.2) is 0 Å². The zero-order chi connectivity index (χ0) is 16.7. The summed E-state index contributed by atoms with van der Waals surface area (Å²) in [6, 6.07) is 2.27. The molecule has 6 heteroatoms. The second kappa shape index (κ2) is 6.33. The highest BCUT2D eigenvalue weighted by molar-refractivity contribution is 5.94. The molecule has 130 valence electrons. The molecule has 2 aliphatic heterocycles. The van der Waals surface area contributed by atoms with Gasteiger partial charge in [0.05, 0.1) is 12.7 Å². The zero-order valence-electron chi connectivity index (χ0n) is 14.1. The highest BCUT2D eigenvalue weighted by Crippen LogP contribution is 2.23. The Hall–Kier alpha value is -1.66. The first-order valence-corrected chi connectivity index (χ1v) is 9.02. The lowest BCUT2D eigenvalue weighted by Gasteiger charge is -2.33. The molecule has 3 aliphatic rings. The summed E-state index contributed by atoms with van der Waals surface area (Å²) in [5.41, 5.74) is 2.12. The number of aromatic nitrogens is 1. The average molecular weight is 331 g/mol. The van der Waals surface area contributed by atoms with E-state index in [1.54, 1.807) is 6.07 Å². The van der Waals surface area contributed by atoms with E-state index in [2.05, 4.69) is 22.1 Å². The molecular weight excluding hydrogens is 306 g/mol. The molecule has 1 aromatic heterocycles. The summed E-state index contributed by atoms with van der Waals surface area (Å²) in [6.45, 7) is 4.56. The third-order valence-electron chi connectivity index (χ3n) is 5.51. The molecule has 2 saturated heterocycles. The number of pyridine rings is 1. The summed E-state index contributed by atoms with van der Waals surface area (Å²) < 4.78 is 5.70. The number of aryl methyl sites for hydroxylation is 2. The van der Waals surface area contributed by atoms with Gasteiger partial charge in [-0.05, 0) is 50.7 Å². The first-order valence-electron chi connectivity index (χ1n) is 9.02. The molecular formula is C18H25N3O3. The summed E-state index contributed by atoms with van der Waals surface area (Å²) in [5, 5.41) is 3.06. The minimum atomic E-state index is -0.263. The van der Waals surface area contributed by atoms with Crippen LogP contribution in [0.15, 0.2) is 10.9 Å². The summed E-state index contributed by atoms with van der Waals surface area (Å²) in [4.78, 5) is 30.1. The number of amides is 1. The van der Waals surface area contributed by atoms with Gasteiger partial charge in [0, 0.05) is 30.9 Å². The molecule has 6 nitrogen and oxygen atoms in total. The molecule has 2 fully saturated rings. The van der Waals surface area contributed by atoms with Crippen LogP contribution < -0.4 is 10.9 Å². The molecule has 3 heterocycles. The fraction of sp³-hybridized carbons (Fsp3) is 0.667. The van der Waals surface area contributed by atoms with Crippen molar-refractivity contribution < 1.29 is 9.53 Å². The number of ether oxygens (including phenoxy) is 1. The first-order chi connectivity index (χ1) is 11.6. The SMILES string of the molecule is C[C@H]1CN2C[C@@H](NC(=O)c3cc4c([nH]c3=O)CCCC4)C[C@H]2CO1. The van der Waals surface area contributed by atoms with Crippen LogP contribution in [0.4, 0.5) is 0 Å². The van der Waals surface area contributed by atoms with Gasteiger partial charge in [-0.3, -0.25) is 14.5 Å². The second-order valence-electron chi connectivity index (χ2n) is 7.38. The standard InChI is InChI=1S/C18H25N3O3/c1-11-8-21-9-13(7-14(21)10-24-11)19-17(22)15-6-12-4-2-3-5-16(12)20-18(15)23/h6,11,13-14H,2-5,7-10H2,1H3,(H,19,22)(H,20,23)/t11-,13-,14-/m0/s1. The predicted octanol–water partition coefficient (Wildman–Crippen LogP) is 0.845. The van der Waals surface area contributed by atoms with E-state index in [9.17, 15) is 9.59 Å². The molecule has 2 N–H and O–H groups in total. The van der Waals surface area contributed by atoms with E-state index in [0.717, 1.165) is 63.1 Å². The number of nitrogens with one attached hydrogen (secondary N) is 2. The van der Waals surface area contributed by atoms with Crippen molar-refractivity contribution in [3.8, 4) is 0 Å². The summed E-state index contributed by atoms with van der Waals surface area (Å²) in [6.07, 6.45) is 5.22. The number of rotatable bonds is 2. The van der Waals surface area contributed by atoms with Crippen LogP contribution in [-0.4, -0.2) is 53.7 Å². The molecule has 4 rings (SSSR count). The Morgan fingerprint density at radius 3 is 3.04 bits per heavy atom. The lowest BCUT2D eigenvalue weighted by molar-refractivity contribution is -0.0390. The Bertz CT molecular complexity index is 699. The van der Waals surface area contributed by atoms with Gasteiger partial charge in [-0.15, -0.1) is 0 Å². The van der Waals surface area contributed by atoms with Gasteiger partial charge >= 0.3 is 0 Å². The molecule has 0 saturated carbocycles. The van der Waals surface area contributed by atoms with E-state index < -0.39 is 0 Å². The molecule has 1 aromatic rings. The van der Waals surface area contributed by atoms with Crippen molar-refractivity contribution in [1.29, 1.82) is 0 Å². The molecule has 1 aliphatic carbocycles. The molecule has 0 radical (unpaired) electrons. The van der Waals surface area contributed by atoms with Gasteiger partial charge in [-0.2, -0.15) is 0 Å².